The van der Waals surface area contributed by atoms with Gasteiger partial charge in [-0.25, -0.2) is 0 Å². The zero-order valence-corrected chi connectivity index (χ0v) is 17.2. The standard InChI is InChI=1S/C19H21N5.C4H6N2/c20-13-16-7-5-15(6-8-16)9-12-23-10-2-11-24-18-4-1-3-17(14-21)19(18)22;1-6-4-2-3-5-6/h1,3-8,23-24H,2,9-12,22H2;2-4H,1H3. The van der Waals surface area contributed by atoms with Gasteiger partial charge in [-0.15, -0.1) is 0 Å². The summed E-state index contributed by atoms with van der Waals surface area (Å²) < 4.78 is 1.75. The highest BCUT2D eigenvalue weighted by molar-refractivity contribution is 5.72. The molecule has 30 heavy (non-hydrogen) atoms. The van der Waals surface area contributed by atoms with Gasteiger partial charge in [0, 0.05) is 26.0 Å². The summed E-state index contributed by atoms with van der Waals surface area (Å²) in [6.45, 7) is 2.60. The van der Waals surface area contributed by atoms with E-state index in [0.29, 0.717) is 16.8 Å². The van der Waals surface area contributed by atoms with E-state index in [0.717, 1.165) is 38.2 Å². The van der Waals surface area contributed by atoms with Gasteiger partial charge in [-0.2, -0.15) is 15.6 Å². The lowest BCUT2D eigenvalue weighted by atomic mass is 10.1. The molecule has 0 bridgehead atoms. The molecule has 0 aliphatic rings. The molecule has 0 aliphatic carbocycles. The normalized spacial score (nSPS) is 9.70. The van der Waals surface area contributed by atoms with Crippen LogP contribution in [-0.4, -0.2) is 29.4 Å². The molecule has 1 heterocycles. The smallest absolute Gasteiger partial charge is 0.101 e. The SMILES string of the molecule is Cn1cccn1.N#Cc1ccc(CCNCCCNc2cccc(C#N)c2N)cc1. The van der Waals surface area contributed by atoms with E-state index >= 15 is 0 Å². The molecule has 154 valence electrons. The molecule has 3 rings (SSSR count). The Morgan fingerprint density at radius 1 is 1.00 bits per heavy atom. The number of nitrogens with zero attached hydrogens (tertiary/aromatic N) is 4. The maximum absolute atomic E-state index is 8.95. The lowest BCUT2D eigenvalue weighted by Crippen LogP contribution is -2.20. The number of aromatic nitrogens is 2. The van der Waals surface area contributed by atoms with Crippen LogP contribution in [0.25, 0.3) is 0 Å². The topological polar surface area (TPSA) is 115 Å². The number of rotatable bonds is 8. The van der Waals surface area contributed by atoms with E-state index in [1.165, 1.54) is 5.56 Å². The van der Waals surface area contributed by atoms with Crippen molar-refractivity contribution in [3.05, 3.63) is 77.6 Å². The first-order chi connectivity index (χ1) is 14.6. The van der Waals surface area contributed by atoms with E-state index < -0.39 is 0 Å². The number of hydrogen-bond acceptors (Lipinski definition) is 6. The van der Waals surface area contributed by atoms with Gasteiger partial charge in [0.15, 0.2) is 0 Å². The molecule has 0 aliphatic heterocycles. The average molecular weight is 402 g/mol. The van der Waals surface area contributed by atoms with Crippen molar-refractivity contribution in [3.8, 4) is 12.1 Å². The van der Waals surface area contributed by atoms with Crippen LogP contribution in [0, 0.1) is 22.7 Å². The van der Waals surface area contributed by atoms with Crippen molar-refractivity contribution in [1.29, 1.82) is 10.5 Å². The lowest BCUT2D eigenvalue weighted by Gasteiger charge is -2.10. The molecule has 0 atom stereocenters. The number of nitrogens with two attached hydrogens (primary N) is 1. The maximum Gasteiger partial charge on any atom is 0.101 e. The summed E-state index contributed by atoms with van der Waals surface area (Å²) in [5.41, 5.74) is 9.66. The Bertz CT molecular complexity index is 964. The molecule has 0 fully saturated rings. The van der Waals surface area contributed by atoms with Gasteiger partial charge in [0.05, 0.1) is 28.6 Å². The minimum atomic E-state index is 0.501. The van der Waals surface area contributed by atoms with E-state index in [4.69, 9.17) is 16.3 Å². The van der Waals surface area contributed by atoms with E-state index in [9.17, 15) is 0 Å². The minimum Gasteiger partial charge on any atom is -0.396 e. The van der Waals surface area contributed by atoms with Gasteiger partial charge in [-0.3, -0.25) is 4.68 Å². The summed E-state index contributed by atoms with van der Waals surface area (Å²) in [7, 11) is 1.89. The molecule has 0 saturated heterocycles. The van der Waals surface area contributed by atoms with Gasteiger partial charge < -0.3 is 16.4 Å². The van der Waals surface area contributed by atoms with Gasteiger partial charge in [-0.05, 0) is 61.8 Å². The molecule has 0 unspecified atom stereocenters. The summed E-state index contributed by atoms with van der Waals surface area (Å²) in [5, 5.41) is 28.2. The van der Waals surface area contributed by atoms with E-state index in [1.54, 1.807) is 16.9 Å². The number of anilines is 2. The van der Waals surface area contributed by atoms with E-state index in [-0.39, 0.29) is 0 Å². The second-order valence-electron chi connectivity index (χ2n) is 6.65. The molecule has 2 aromatic carbocycles. The van der Waals surface area contributed by atoms with Gasteiger partial charge in [0.2, 0.25) is 0 Å². The summed E-state index contributed by atoms with van der Waals surface area (Å²) in [6, 6.07) is 19.2. The highest BCUT2D eigenvalue weighted by Gasteiger charge is 2.03. The molecular weight excluding hydrogens is 374 g/mol. The molecule has 1 aromatic heterocycles. The van der Waals surface area contributed by atoms with Crippen molar-refractivity contribution in [3.63, 3.8) is 0 Å². The third-order valence-corrected chi connectivity index (χ3v) is 4.38. The van der Waals surface area contributed by atoms with Crippen LogP contribution in [0.5, 0.6) is 0 Å². The molecule has 0 amide bonds. The number of nitrogens with one attached hydrogen (secondary N) is 2. The summed E-state index contributed by atoms with van der Waals surface area (Å²) in [6.07, 6.45) is 5.54. The number of para-hydroxylation sites is 1. The van der Waals surface area contributed by atoms with Crippen molar-refractivity contribution < 1.29 is 0 Å². The predicted octanol–water partition coefficient (Wildman–Crippen LogP) is 3.07. The van der Waals surface area contributed by atoms with Crippen LogP contribution in [0.3, 0.4) is 0 Å². The minimum absolute atomic E-state index is 0.501. The van der Waals surface area contributed by atoms with Crippen molar-refractivity contribution in [2.24, 2.45) is 7.05 Å². The van der Waals surface area contributed by atoms with Crippen LogP contribution in [0.2, 0.25) is 0 Å². The van der Waals surface area contributed by atoms with Crippen LogP contribution in [0.4, 0.5) is 11.4 Å². The highest BCUT2D eigenvalue weighted by Crippen LogP contribution is 2.21. The summed E-state index contributed by atoms with van der Waals surface area (Å²) in [5.74, 6) is 0. The number of aryl methyl sites for hydroxylation is 1. The van der Waals surface area contributed by atoms with Gasteiger partial charge in [0.1, 0.15) is 6.07 Å². The monoisotopic (exact) mass is 401 g/mol. The second kappa shape index (κ2) is 12.6. The van der Waals surface area contributed by atoms with E-state index in [1.807, 2.05) is 55.7 Å². The highest BCUT2D eigenvalue weighted by atomic mass is 15.2. The predicted molar refractivity (Wildman–Crippen MR) is 120 cm³/mol. The zero-order chi connectivity index (χ0) is 21.6. The molecule has 4 N–H and O–H groups in total. The summed E-state index contributed by atoms with van der Waals surface area (Å²) >= 11 is 0. The first-order valence-corrected chi connectivity index (χ1v) is 9.80. The fourth-order valence-electron chi connectivity index (χ4n) is 2.70. The molecule has 0 saturated carbocycles. The van der Waals surface area contributed by atoms with Crippen molar-refractivity contribution in [2.45, 2.75) is 12.8 Å². The Morgan fingerprint density at radius 2 is 1.80 bits per heavy atom. The molecule has 7 nitrogen and oxygen atoms in total. The van der Waals surface area contributed by atoms with Crippen molar-refractivity contribution in [2.75, 3.05) is 30.7 Å². The quantitative estimate of drug-likeness (QED) is 0.395. The second-order valence-corrected chi connectivity index (χ2v) is 6.65. The Balaban J connectivity index is 0.000000456. The first-order valence-electron chi connectivity index (χ1n) is 9.80. The number of benzene rings is 2. The third-order valence-electron chi connectivity index (χ3n) is 4.38. The Labute approximate surface area is 177 Å². The van der Waals surface area contributed by atoms with Gasteiger partial charge in [-0.1, -0.05) is 18.2 Å². The molecule has 7 heteroatoms. The Morgan fingerprint density at radius 3 is 2.40 bits per heavy atom. The number of nitriles is 2. The zero-order valence-electron chi connectivity index (χ0n) is 17.2. The fraction of sp³-hybridized carbons (Fsp3) is 0.261. The van der Waals surface area contributed by atoms with Crippen LogP contribution < -0.4 is 16.4 Å². The maximum atomic E-state index is 8.95. The van der Waals surface area contributed by atoms with E-state index in [2.05, 4.69) is 27.9 Å². The van der Waals surface area contributed by atoms with Crippen LogP contribution in [-0.2, 0) is 13.5 Å². The number of nitrogen functional groups attached to an aromatic ring is 1. The van der Waals surface area contributed by atoms with Crippen LogP contribution in [0.15, 0.2) is 60.9 Å². The molecular formula is C23H27N7. The van der Waals surface area contributed by atoms with Gasteiger partial charge >= 0.3 is 0 Å². The van der Waals surface area contributed by atoms with Crippen LogP contribution >= 0.6 is 0 Å². The molecule has 0 spiro atoms. The van der Waals surface area contributed by atoms with Crippen LogP contribution in [0.1, 0.15) is 23.1 Å². The lowest BCUT2D eigenvalue weighted by molar-refractivity contribution is 0.660. The average Bonchev–Trinajstić information content (AvgIpc) is 3.26. The molecule has 3 aromatic rings. The van der Waals surface area contributed by atoms with Crippen molar-refractivity contribution >= 4 is 11.4 Å². The first kappa shape index (κ1) is 22.5. The number of hydrogen-bond donors (Lipinski definition) is 3. The third kappa shape index (κ3) is 7.67. The Hall–Kier alpha value is -3.81. The van der Waals surface area contributed by atoms with Gasteiger partial charge in [0.25, 0.3) is 0 Å². The van der Waals surface area contributed by atoms with Crippen molar-refractivity contribution in [1.82, 2.24) is 15.1 Å². The summed E-state index contributed by atoms with van der Waals surface area (Å²) in [4.78, 5) is 0. The molecule has 0 radical (unpaired) electrons. The fourth-order valence-corrected chi connectivity index (χ4v) is 2.70. The Kier molecular flexibility index (Phi) is 9.45. The largest absolute Gasteiger partial charge is 0.396 e.